The number of carboxylic acids is 1. The fraction of sp³-hybridized carbons (Fsp3) is 0.789. The highest BCUT2D eigenvalue weighted by Crippen LogP contribution is 2.47. The molecule has 7 heteroatoms. The zero-order valence-corrected chi connectivity index (χ0v) is 16.4. The molecule has 1 atom stereocenters. The number of nitrogens with zero attached hydrogens (tertiary/aromatic N) is 1. The minimum Gasteiger partial charge on any atom is -0.481 e. The first-order chi connectivity index (χ1) is 12.5. The summed E-state index contributed by atoms with van der Waals surface area (Å²) in [5.74, 6) is 0.107. The number of amides is 1. The number of primary amides is 1. The average molecular weight is 382 g/mol. The van der Waals surface area contributed by atoms with Gasteiger partial charge in [-0.3, -0.25) is 9.59 Å². The number of piperidine rings is 1. The Labute approximate surface area is 159 Å². The summed E-state index contributed by atoms with van der Waals surface area (Å²) in [6, 6.07) is 0.445. The standard InChI is InChI=1S/C19H31N3O3S/c1-12-17(18(20)25)26-19(14-8-10-21-11-9-14)22(12)15-5-2-13(3-6-15)4-7-16(23)24/h13-15,19,21H,2-11H2,1H3,(H2,20,25)(H,23,24). The summed E-state index contributed by atoms with van der Waals surface area (Å²) >= 11 is 1.68. The van der Waals surface area contributed by atoms with E-state index in [1.807, 2.05) is 6.92 Å². The molecule has 2 aliphatic heterocycles. The molecule has 0 aromatic carbocycles. The molecule has 1 saturated carbocycles. The van der Waals surface area contributed by atoms with Gasteiger partial charge < -0.3 is 21.1 Å². The second-order valence-electron chi connectivity index (χ2n) is 7.89. The zero-order valence-electron chi connectivity index (χ0n) is 15.6. The van der Waals surface area contributed by atoms with E-state index in [9.17, 15) is 9.59 Å². The number of nitrogens with two attached hydrogens (primary N) is 1. The van der Waals surface area contributed by atoms with Crippen molar-refractivity contribution in [3.63, 3.8) is 0 Å². The fourth-order valence-corrected chi connectivity index (χ4v) is 6.32. The number of nitrogens with one attached hydrogen (secondary N) is 1. The topological polar surface area (TPSA) is 95.7 Å². The molecule has 26 heavy (non-hydrogen) atoms. The molecule has 0 bridgehead atoms. The molecule has 2 fully saturated rings. The molecular weight excluding hydrogens is 350 g/mol. The molecule has 0 aromatic rings. The van der Waals surface area contributed by atoms with E-state index >= 15 is 0 Å². The van der Waals surface area contributed by atoms with E-state index in [1.54, 1.807) is 11.8 Å². The second-order valence-corrected chi connectivity index (χ2v) is 9.02. The van der Waals surface area contributed by atoms with Crippen molar-refractivity contribution in [2.24, 2.45) is 17.6 Å². The Bertz CT molecular complexity index is 566. The van der Waals surface area contributed by atoms with Gasteiger partial charge in [-0.05, 0) is 76.8 Å². The molecule has 0 radical (unpaired) electrons. The van der Waals surface area contributed by atoms with E-state index in [1.165, 1.54) is 0 Å². The van der Waals surface area contributed by atoms with Gasteiger partial charge in [0.05, 0.1) is 10.3 Å². The van der Waals surface area contributed by atoms with Crippen molar-refractivity contribution >= 4 is 23.6 Å². The predicted octanol–water partition coefficient (Wildman–Crippen LogP) is 2.50. The fourth-order valence-electron chi connectivity index (χ4n) is 4.78. The third kappa shape index (κ3) is 4.36. The van der Waals surface area contributed by atoms with Crippen molar-refractivity contribution in [2.45, 2.75) is 69.7 Å². The van der Waals surface area contributed by atoms with Gasteiger partial charge in [-0.1, -0.05) is 11.8 Å². The normalized spacial score (nSPS) is 30.7. The number of thioether (sulfide) groups is 1. The lowest BCUT2D eigenvalue weighted by Gasteiger charge is -2.43. The number of allylic oxidation sites excluding steroid dienone is 1. The largest absolute Gasteiger partial charge is 0.481 e. The van der Waals surface area contributed by atoms with E-state index in [0.717, 1.165) is 68.6 Å². The van der Waals surface area contributed by atoms with Crippen LogP contribution in [0, 0.1) is 11.8 Å². The van der Waals surface area contributed by atoms with Gasteiger partial charge in [-0.2, -0.15) is 0 Å². The number of carbonyl (C=O) groups is 2. The molecular formula is C19H31N3O3S. The summed E-state index contributed by atoms with van der Waals surface area (Å²) in [7, 11) is 0. The van der Waals surface area contributed by atoms with Crippen LogP contribution in [0.5, 0.6) is 0 Å². The summed E-state index contributed by atoms with van der Waals surface area (Å²) in [6.07, 6.45) is 7.66. The van der Waals surface area contributed by atoms with Gasteiger partial charge in [0.15, 0.2) is 0 Å². The SMILES string of the molecule is CC1=C(C(N)=O)SC(C2CCNCC2)N1C1CCC(CCC(=O)O)CC1. The Balaban J connectivity index is 1.68. The van der Waals surface area contributed by atoms with E-state index in [2.05, 4.69) is 10.2 Å². The van der Waals surface area contributed by atoms with Gasteiger partial charge in [0.25, 0.3) is 5.91 Å². The van der Waals surface area contributed by atoms with Gasteiger partial charge in [-0.15, -0.1) is 0 Å². The number of carbonyl (C=O) groups excluding carboxylic acids is 1. The molecule has 1 saturated heterocycles. The maximum absolute atomic E-state index is 11.9. The van der Waals surface area contributed by atoms with Gasteiger partial charge in [-0.25, -0.2) is 0 Å². The molecule has 6 nitrogen and oxygen atoms in total. The highest BCUT2D eigenvalue weighted by molar-refractivity contribution is 8.04. The van der Waals surface area contributed by atoms with Crippen LogP contribution in [-0.4, -0.2) is 46.4 Å². The minimum absolute atomic E-state index is 0.275. The van der Waals surface area contributed by atoms with Crippen LogP contribution < -0.4 is 11.1 Å². The Kier molecular flexibility index (Phi) is 6.51. The molecule has 146 valence electrons. The molecule has 3 aliphatic rings. The van der Waals surface area contributed by atoms with E-state index < -0.39 is 5.97 Å². The Morgan fingerprint density at radius 2 is 1.85 bits per heavy atom. The molecule has 1 amide bonds. The molecule has 3 rings (SSSR count). The number of rotatable bonds is 6. The first-order valence-electron chi connectivity index (χ1n) is 9.85. The summed E-state index contributed by atoms with van der Waals surface area (Å²) in [6.45, 7) is 4.13. The second kappa shape index (κ2) is 8.65. The molecule has 2 heterocycles. The predicted molar refractivity (Wildman–Crippen MR) is 103 cm³/mol. The Morgan fingerprint density at radius 1 is 1.19 bits per heavy atom. The zero-order chi connectivity index (χ0) is 18.7. The van der Waals surface area contributed by atoms with Crippen molar-refractivity contribution in [1.82, 2.24) is 10.2 Å². The van der Waals surface area contributed by atoms with Crippen molar-refractivity contribution in [3.8, 4) is 0 Å². The van der Waals surface area contributed by atoms with Gasteiger partial charge in [0.2, 0.25) is 0 Å². The van der Waals surface area contributed by atoms with Crippen LogP contribution in [0.1, 0.15) is 58.3 Å². The molecule has 0 aromatic heterocycles. The number of hydrogen-bond acceptors (Lipinski definition) is 5. The van der Waals surface area contributed by atoms with Crippen LogP contribution in [0.4, 0.5) is 0 Å². The third-order valence-electron chi connectivity index (χ3n) is 6.22. The maximum Gasteiger partial charge on any atom is 0.303 e. The van der Waals surface area contributed by atoms with E-state index in [-0.39, 0.29) is 12.3 Å². The smallest absolute Gasteiger partial charge is 0.303 e. The van der Waals surface area contributed by atoms with Gasteiger partial charge in [0, 0.05) is 18.2 Å². The van der Waals surface area contributed by atoms with Gasteiger partial charge >= 0.3 is 5.97 Å². The van der Waals surface area contributed by atoms with Crippen LogP contribution >= 0.6 is 11.8 Å². The van der Waals surface area contributed by atoms with E-state index in [0.29, 0.717) is 23.3 Å². The van der Waals surface area contributed by atoms with Crippen molar-refractivity contribution in [3.05, 3.63) is 10.6 Å². The lowest BCUT2D eigenvalue weighted by atomic mass is 9.82. The highest BCUT2D eigenvalue weighted by atomic mass is 32.2. The summed E-state index contributed by atoms with van der Waals surface area (Å²) in [5.41, 5.74) is 6.70. The summed E-state index contributed by atoms with van der Waals surface area (Å²) < 4.78 is 0. The van der Waals surface area contributed by atoms with Crippen LogP contribution in [0.3, 0.4) is 0 Å². The van der Waals surface area contributed by atoms with Crippen molar-refractivity contribution in [2.75, 3.05) is 13.1 Å². The van der Waals surface area contributed by atoms with Crippen LogP contribution in [0.25, 0.3) is 0 Å². The third-order valence-corrected chi connectivity index (χ3v) is 7.80. The molecule has 1 unspecified atom stereocenters. The average Bonchev–Trinajstić information content (AvgIpc) is 2.98. The Hall–Kier alpha value is -1.21. The van der Waals surface area contributed by atoms with Crippen LogP contribution in [-0.2, 0) is 9.59 Å². The number of carboxylic acid groups (broad SMARTS) is 1. The number of hydrogen-bond donors (Lipinski definition) is 3. The monoisotopic (exact) mass is 381 g/mol. The van der Waals surface area contributed by atoms with Crippen LogP contribution in [0.15, 0.2) is 10.6 Å². The first-order valence-corrected chi connectivity index (χ1v) is 10.7. The van der Waals surface area contributed by atoms with Gasteiger partial charge in [0.1, 0.15) is 0 Å². The maximum atomic E-state index is 11.9. The first kappa shape index (κ1) is 19.5. The Morgan fingerprint density at radius 3 is 2.42 bits per heavy atom. The van der Waals surface area contributed by atoms with Crippen molar-refractivity contribution in [1.29, 1.82) is 0 Å². The van der Waals surface area contributed by atoms with Crippen LogP contribution in [0.2, 0.25) is 0 Å². The summed E-state index contributed by atoms with van der Waals surface area (Å²) in [5, 5.41) is 12.6. The number of aliphatic carboxylic acids is 1. The quantitative estimate of drug-likeness (QED) is 0.654. The molecule has 4 N–H and O–H groups in total. The summed E-state index contributed by atoms with van der Waals surface area (Å²) in [4.78, 5) is 26.0. The minimum atomic E-state index is -0.695. The van der Waals surface area contributed by atoms with Crippen molar-refractivity contribution < 1.29 is 14.7 Å². The lowest BCUT2D eigenvalue weighted by Crippen LogP contribution is -2.45. The molecule has 1 aliphatic carbocycles. The van der Waals surface area contributed by atoms with E-state index in [4.69, 9.17) is 10.8 Å². The lowest BCUT2D eigenvalue weighted by molar-refractivity contribution is -0.137. The highest BCUT2D eigenvalue weighted by Gasteiger charge is 2.42. The molecule has 0 spiro atoms.